The average molecular weight is 308 g/mol. The number of hydrogen-bond donors (Lipinski definition) is 1. The molecule has 0 amide bonds. The molecule has 0 bridgehead atoms. The van der Waals surface area contributed by atoms with E-state index in [0.29, 0.717) is 12.0 Å². The van der Waals surface area contributed by atoms with Crippen molar-refractivity contribution in [2.75, 3.05) is 0 Å². The molecular weight excluding hydrogens is 286 g/mol. The van der Waals surface area contributed by atoms with Gasteiger partial charge in [0.15, 0.2) is 0 Å². The summed E-state index contributed by atoms with van der Waals surface area (Å²) in [4.78, 5) is 1.29. The Morgan fingerprint density at radius 3 is 2.40 bits per heavy atom. The third-order valence-electron chi connectivity index (χ3n) is 3.80. The van der Waals surface area contributed by atoms with Crippen LogP contribution in [0, 0.1) is 5.92 Å². The molecule has 1 N–H and O–H groups in total. The van der Waals surface area contributed by atoms with E-state index in [1.807, 2.05) is 11.4 Å². The predicted molar refractivity (Wildman–Crippen MR) is 89.4 cm³/mol. The number of rotatable bonds is 7. The van der Waals surface area contributed by atoms with Crippen molar-refractivity contribution in [2.45, 2.75) is 39.3 Å². The van der Waals surface area contributed by atoms with Gasteiger partial charge in [0, 0.05) is 22.8 Å². The smallest absolute Gasteiger partial charge is 0.0516 e. The lowest BCUT2D eigenvalue weighted by Crippen LogP contribution is -2.27. The van der Waals surface area contributed by atoms with Crippen molar-refractivity contribution in [3.05, 3.63) is 57.2 Å². The average Bonchev–Trinajstić information content (AvgIpc) is 2.90. The molecule has 1 unspecified atom stereocenters. The third kappa shape index (κ3) is 4.08. The molecule has 20 heavy (non-hydrogen) atoms. The van der Waals surface area contributed by atoms with Crippen LogP contribution in [0.4, 0.5) is 0 Å². The molecule has 108 valence electrons. The van der Waals surface area contributed by atoms with E-state index in [4.69, 9.17) is 11.6 Å². The van der Waals surface area contributed by atoms with Crippen molar-refractivity contribution in [1.29, 1.82) is 0 Å². The Bertz CT molecular complexity index is 505. The summed E-state index contributed by atoms with van der Waals surface area (Å²) in [6.45, 7) is 5.43. The van der Waals surface area contributed by atoms with Crippen molar-refractivity contribution < 1.29 is 0 Å². The standard InChI is InChI=1S/C17H22ClNS/c1-3-13(4-2)17(14-8-6-5-7-9-14)19-11-16-10-15(18)12-20-16/h5-10,12-13,17,19H,3-4,11H2,1-2H3. The predicted octanol–water partition coefficient (Wildman–Crippen LogP) is 5.67. The summed E-state index contributed by atoms with van der Waals surface area (Å²) in [5, 5.41) is 6.55. The molecule has 0 aliphatic carbocycles. The maximum Gasteiger partial charge on any atom is 0.0516 e. The topological polar surface area (TPSA) is 12.0 Å². The van der Waals surface area contributed by atoms with Gasteiger partial charge in [0.25, 0.3) is 0 Å². The minimum atomic E-state index is 0.409. The minimum Gasteiger partial charge on any atom is -0.305 e. The number of benzene rings is 1. The molecular formula is C17H22ClNS. The normalized spacial score (nSPS) is 12.8. The van der Waals surface area contributed by atoms with Gasteiger partial charge in [0.05, 0.1) is 5.02 Å². The van der Waals surface area contributed by atoms with E-state index >= 15 is 0 Å². The van der Waals surface area contributed by atoms with Crippen molar-refractivity contribution in [3.8, 4) is 0 Å². The first kappa shape index (κ1) is 15.6. The molecule has 0 radical (unpaired) electrons. The highest BCUT2D eigenvalue weighted by Gasteiger charge is 2.19. The van der Waals surface area contributed by atoms with Gasteiger partial charge >= 0.3 is 0 Å². The Morgan fingerprint density at radius 2 is 1.85 bits per heavy atom. The summed E-state index contributed by atoms with van der Waals surface area (Å²) in [5.74, 6) is 0.660. The third-order valence-corrected chi connectivity index (χ3v) is 5.08. The zero-order chi connectivity index (χ0) is 14.4. The molecule has 1 heterocycles. The van der Waals surface area contributed by atoms with E-state index in [0.717, 1.165) is 11.6 Å². The Hall–Kier alpha value is -0.830. The van der Waals surface area contributed by atoms with Crippen molar-refractivity contribution in [1.82, 2.24) is 5.32 Å². The van der Waals surface area contributed by atoms with Gasteiger partial charge in [0.2, 0.25) is 0 Å². The van der Waals surface area contributed by atoms with E-state index in [1.54, 1.807) is 11.3 Å². The van der Waals surface area contributed by atoms with E-state index in [-0.39, 0.29) is 0 Å². The summed E-state index contributed by atoms with van der Waals surface area (Å²) >= 11 is 7.71. The molecule has 2 aromatic rings. The van der Waals surface area contributed by atoms with E-state index in [2.05, 4.69) is 49.5 Å². The molecule has 1 nitrogen and oxygen atoms in total. The van der Waals surface area contributed by atoms with Gasteiger partial charge in [-0.3, -0.25) is 0 Å². The maximum absolute atomic E-state index is 5.99. The van der Waals surface area contributed by atoms with Crippen molar-refractivity contribution in [3.63, 3.8) is 0 Å². The van der Waals surface area contributed by atoms with Crippen LogP contribution in [0.15, 0.2) is 41.8 Å². The Balaban J connectivity index is 2.10. The largest absolute Gasteiger partial charge is 0.305 e. The van der Waals surface area contributed by atoms with Crippen LogP contribution in [-0.4, -0.2) is 0 Å². The van der Waals surface area contributed by atoms with Gasteiger partial charge < -0.3 is 5.32 Å². The molecule has 1 aromatic carbocycles. The Kier molecular flexibility index (Phi) is 6.08. The second-order valence-electron chi connectivity index (χ2n) is 5.08. The second kappa shape index (κ2) is 7.82. The first-order valence-electron chi connectivity index (χ1n) is 7.25. The van der Waals surface area contributed by atoms with Crippen LogP contribution < -0.4 is 5.32 Å². The molecule has 0 aliphatic rings. The summed E-state index contributed by atoms with van der Waals surface area (Å²) in [6.07, 6.45) is 2.38. The molecule has 0 saturated carbocycles. The Morgan fingerprint density at radius 1 is 1.15 bits per heavy atom. The molecule has 0 fully saturated rings. The fourth-order valence-electron chi connectivity index (χ4n) is 2.63. The first-order valence-corrected chi connectivity index (χ1v) is 8.51. The highest BCUT2D eigenvalue weighted by Crippen LogP contribution is 2.28. The number of nitrogens with one attached hydrogen (secondary N) is 1. The van der Waals surface area contributed by atoms with Gasteiger partial charge in [0.1, 0.15) is 0 Å². The van der Waals surface area contributed by atoms with Crippen LogP contribution in [0.5, 0.6) is 0 Å². The molecule has 3 heteroatoms. The zero-order valence-electron chi connectivity index (χ0n) is 12.1. The molecule has 0 aliphatic heterocycles. The van der Waals surface area contributed by atoms with E-state index in [9.17, 15) is 0 Å². The van der Waals surface area contributed by atoms with Crippen LogP contribution >= 0.6 is 22.9 Å². The molecule has 0 saturated heterocycles. The summed E-state index contributed by atoms with van der Waals surface area (Å²) < 4.78 is 0. The minimum absolute atomic E-state index is 0.409. The fourth-order valence-corrected chi connectivity index (χ4v) is 3.66. The molecule has 0 spiro atoms. The van der Waals surface area contributed by atoms with Gasteiger partial charge in [-0.25, -0.2) is 0 Å². The Labute approximate surface area is 131 Å². The highest BCUT2D eigenvalue weighted by atomic mass is 35.5. The first-order chi connectivity index (χ1) is 9.74. The summed E-state index contributed by atoms with van der Waals surface area (Å²) in [5.41, 5.74) is 1.38. The van der Waals surface area contributed by atoms with Crippen LogP contribution in [-0.2, 0) is 6.54 Å². The lowest BCUT2D eigenvalue weighted by atomic mass is 9.89. The van der Waals surface area contributed by atoms with Crippen LogP contribution in [0.25, 0.3) is 0 Å². The van der Waals surface area contributed by atoms with Crippen LogP contribution in [0.1, 0.15) is 43.2 Å². The quantitative estimate of drug-likeness (QED) is 0.695. The van der Waals surface area contributed by atoms with Gasteiger partial charge in [-0.15, -0.1) is 11.3 Å². The van der Waals surface area contributed by atoms with Crippen molar-refractivity contribution in [2.24, 2.45) is 5.92 Å². The van der Waals surface area contributed by atoms with E-state index < -0.39 is 0 Å². The number of hydrogen-bond acceptors (Lipinski definition) is 2. The van der Waals surface area contributed by atoms with Gasteiger partial charge in [-0.1, -0.05) is 68.6 Å². The lowest BCUT2D eigenvalue weighted by Gasteiger charge is -2.27. The lowest BCUT2D eigenvalue weighted by molar-refractivity contribution is 0.340. The molecule has 1 aromatic heterocycles. The second-order valence-corrected chi connectivity index (χ2v) is 6.51. The number of thiophene rings is 1. The summed E-state index contributed by atoms with van der Waals surface area (Å²) in [6, 6.07) is 13.2. The van der Waals surface area contributed by atoms with Crippen molar-refractivity contribution >= 4 is 22.9 Å². The summed E-state index contributed by atoms with van der Waals surface area (Å²) in [7, 11) is 0. The maximum atomic E-state index is 5.99. The SMILES string of the molecule is CCC(CC)C(NCc1cc(Cl)cs1)c1ccccc1. The molecule has 2 rings (SSSR count). The molecule has 1 atom stereocenters. The van der Waals surface area contributed by atoms with E-state index in [1.165, 1.54) is 23.3 Å². The zero-order valence-corrected chi connectivity index (χ0v) is 13.7. The van der Waals surface area contributed by atoms with Crippen LogP contribution in [0.3, 0.4) is 0 Å². The van der Waals surface area contributed by atoms with Gasteiger partial charge in [-0.05, 0) is 17.5 Å². The van der Waals surface area contributed by atoms with Gasteiger partial charge in [-0.2, -0.15) is 0 Å². The fraction of sp³-hybridized carbons (Fsp3) is 0.412. The van der Waals surface area contributed by atoms with Crippen LogP contribution in [0.2, 0.25) is 5.02 Å². The monoisotopic (exact) mass is 307 g/mol. The number of halogens is 1. The highest BCUT2D eigenvalue weighted by molar-refractivity contribution is 7.10.